The van der Waals surface area contributed by atoms with Crippen LogP contribution in [0.5, 0.6) is 5.88 Å². The lowest BCUT2D eigenvalue weighted by Crippen LogP contribution is -2.09. The maximum atomic E-state index is 12.6. The van der Waals surface area contributed by atoms with Gasteiger partial charge in [0.05, 0.1) is 18.2 Å². The van der Waals surface area contributed by atoms with Crippen LogP contribution in [-0.2, 0) is 0 Å². The van der Waals surface area contributed by atoms with E-state index < -0.39 is 0 Å². The molecule has 1 aromatic heterocycles. The number of hydrogen-bond acceptors (Lipinski definition) is 2. The van der Waals surface area contributed by atoms with Crippen molar-refractivity contribution in [3.8, 4) is 17.0 Å². The molecule has 3 heteroatoms. The van der Waals surface area contributed by atoms with Gasteiger partial charge in [0.15, 0.2) is 0 Å². The topological polar surface area (TPSA) is 42.1 Å². The average molecular weight is 251 g/mol. The van der Waals surface area contributed by atoms with Gasteiger partial charge < -0.3 is 9.72 Å². The second-order valence-corrected chi connectivity index (χ2v) is 4.27. The standard InChI is InChI=1S/C16H13NO2/c1-19-16-14(11-7-3-2-4-8-11)15(18)12-9-5-6-10-13(12)17-16/h2-10H,1H3,(H,17,18). The van der Waals surface area contributed by atoms with E-state index in [4.69, 9.17) is 4.74 Å². The second-order valence-electron chi connectivity index (χ2n) is 4.27. The largest absolute Gasteiger partial charge is 0.482 e. The Labute approximate surface area is 110 Å². The third-order valence-electron chi connectivity index (χ3n) is 3.14. The number of fused-ring (bicyclic) bond motifs is 1. The summed E-state index contributed by atoms with van der Waals surface area (Å²) < 4.78 is 5.33. The molecule has 0 aliphatic heterocycles. The van der Waals surface area contributed by atoms with Crippen molar-refractivity contribution in [2.24, 2.45) is 0 Å². The van der Waals surface area contributed by atoms with Crippen molar-refractivity contribution in [1.29, 1.82) is 0 Å². The molecule has 19 heavy (non-hydrogen) atoms. The van der Waals surface area contributed by atoms with E-state index in [-0.39, 0.29) is 5.43 Å². The first-order chi connectivity index (χ1) is 9.31. The molecule has 0 radical (unpaired) electrons. The van der Waals surface area contributed by atoms with E-state index in [1.165, 1.54) is 0 Å². The first-order valence-corrected chi connectivity index (χ1v) is 6.05. The summed E-state index contributed by atoms with van der Waals surface area (Å²) in [6.45, 7) is 0. The number of hydrogen-bond donors (Lipinski definition) is 1. The Kier molecular flexibility index (Phi) is 2.80. The van der Waals surface area contributed by atoms with Crippen molar-refractivity contribution in [3.05, 3.63) is 64.8 Å². The summed E-state index contributed by atoms with van der Waals surface area (Å²) in [5.41, 5.74) is 2.19. The van der Waals surface area contributed by atoms with Gasteiger partial charge in [0, 0.05) is 5.39 Å². The molecule has 0 saturated heterocycles. The molecule has 0 saturated carbocycles. The van der Waals surface area contributed by atoms with Gasteiger partial charge in [-0.2, -0.15) is 0 Å². The molecule has 0 bridgehead atoms. The number of benzene rings is 2. The highest BCUT2D eigenvalue weighted by Gasteiger charge is 2.13. The van der Waals surface area contributed by atoms with Crippen LogP contribution in [-0.4, -0.2) is 12.1 Å². The lowest BCUT2D eigenvalue weighted by molar-refractivity contribution is 0.401. The molecule has 94 valence electrons. The van der Waals surface area contributed by atoms with E-state index in [1.54, 1.807) is 7.11 Å². The highest BCUT2D eigenvalue weighted by atomic mass is 16.5. The Morgan fingerprint density at radius 3 is 2.37 bits per heavy atom. The van der Waals surface area contributed by atoms with Gasteiger partial charge in [0.25, 0.3) is 0 Å². The predicted octanol–water partition coefficient (Wildman–Crippen LogP) is 3.20. The lowest BCUT2D eigenvalue weighted by atomic mass is 10.0. The first kappa shape index (κ1) is 11.5. The van der Waals surface area contributed by atoms with Gasteiger partial charge in [-0.25, -0.2) is 0 Å². The maximum Gasteiger partial charge on any atom is 0.203 e. The van der Waals surface area contributed by atoms with E-state index in [0.717, 1.165) is 11.1 Å². The Morgan fingerprint density at radius 2 is 1.63 bits per heavy atom. The van der Waals surface area contributed by atoms with Crippen LogP contribution in [0.3, 0.4) is 0 Å². The van der Waals surface area contributed by atoms with Crippen molar-refractivity contribution >= 4 is 10.9 Å². The highest BCUT2D eigenvalue weighted by Crippen LogP contribution is 2.26. The van der Waals surface area contributed by atoms with Crippen molar-refractivity contribution in [2.45, 2.75) is 0 Å². The molecular weight excluding hydrogens is 238 g/mol. The van der Waals surface area contributed by atoms with Gasteiger partial charge in [-0.1, -0.05) is 42.5 Å². The fourth-order valence-electron chi connectivity index (χ4n) is 2.23. The van der Waals surface area contributed by atoms with Crippen LogP contribution < -0.4 is 10.2 Å². The third-order valence-corrected chi connectivity index (χ3v) is 3.14. The van der Waals surface area contributed by atoms with Gasteiger partial charge in [-0.3, -0.25) is 4.79 Å². The second kappa shape index (κ2) is 4.61. The summed E-state index contributed by atoms with van der Waals surface area (Å²) in [6, 6.07) is 17.0. The molecule has 0 aliphatic rings. The summed E-state index contributed by atoms with van der Waals surface area (Å²) in [6.07, 6.45) is 0. The summed E-state index contributed by atoms with van der Waals surface area (Å²) in [7, 11) is 1.56. The fourth-order valence-corrected chi connectivity index (χ4v) is 2.23. The zero-order chi connectivity index (χ0) is 13.2. The molecular formula is C16H13NO2. The van der Waals surface area contributed by atoms with Crippen LogP contribution in [0, 0.1) is 0 Å². The summed E-state index contributed by atoms with van der Waals surface area (Å²) in [4.78, 5) is 15.8. The molecule has 0 spiro atoms. The Balaban J connectivity index is 2.41. The van der Waals surface area contributed by atoms with Crippen LogP contribution >= 0.6 is 0 Å². The Morgan fingerprint density at radius 1 is 0.947 bits per heavy atom. The number of nitrogens with one attached hydrogen (secondary N) is 1. The number of pyridine rings is 1. The zero-order valence-corrected chi connectivity index (χ0v) is 10.5. The van der Waals surface area contributed by atoms with Gasteiger partial charge in [0.2, 0.25) is 11.3 Å². The fraction of sp³-hybridized carbons (Fsp3) is 0.0625. The SMILES string of the molecule is COc1[nH]c2ccccc2c(=O)c1-c1ccccc1. The van der Waals surface area contributed by atoms with Gasteiger partial charge in [-0.15, -0.1) is 0 Å². The van der Waals surface area contributed by atoms with Crippen molar-refractivity contribution in [1.82, 2.24) is 4.98 Å². The maximum absolute atomic E-state index is 12.6. The van der Waals surface area contributed by atoms with Crippen molar-refractivity contribution < 1.29 is 4.74 Å². The lowest BCUT2D eigenvalue weighted by Gasteiger charge is -2.10. The van der Waals surface area contributed by atoms with Crippen LogP contribution in [0.2, 0.25) is 0 Å². The molecule has 0 unspecified atom stereocenters. The number of para-hydroxylation sites is 1. The summed E-state index contributed by atoms with van der Waals surface area (Å²) >= 11 is 0. The molecule has 1 heterocycles. The number of ether oxygens (including phenoxy) is 1. The van der Waals surface area contributed by atoms with Crippen molar-refractivity contribution in [2.75, 3.05) is 7.11 Å². The van der Waals surface area contributed by atoms with E-state index in [9.17, 15) is 4.79 Å². The summed E-state index contributed by atoms with van der Waals surface area (Å²) in [5.74, 6) is 0.495. The summed E-state index contributed by atoms with van der Waals surface area (Å²) in [5, 5.41) is 0.669. The predicted molar refractivity (Wildman–Crippen MR) is 76.6 cm³/mol. The normalized spacial score (nSPS) is 10.6. The van der Waals surface area contributed by atoms with Crippen LogP contribution in [0.1, 0.15) is 0 Å². The molecule has 0 amide bonds. The number of H-pyrrole nitrogens is 1. The molecule has 3 aromatic rings. The average Bonchev–Trinajstić information content (AvgIpc) is 2.48. The minimum absolute atomic E-state index is 0.0163. The van der Waals surface area contributed by atoms with E-state index >= 15 is 0 Å². The van der Waals surface area contributed by atoms with Crippen LogP contribution in [0.25, 0.3) is 22.0 Å². The van der Waals surface area contributed by atoms with Crippen LogP contribution in [0.15, 0.2) is 59.4 Å². The number of methoxy groups -OCH3 is 1. The zero-order valence-electron chi connectivity index (χ0n) is 10.5. The van der Waals surface area contributed by atoms with E-state index in [1.807, 2.05) is 54.6 Å². The quantitative estimate of drug-likeness (QED) is 0.760. The highest BCUT2D eigenvalue weighted by molar-refractivity contribution is 5.85. The minimum atomic E-state index is -0.0163. The molecule has 3 nitrogen and oxygen atoms in total. The first-order valence-electron chi connectivity index (χ1n) is 6.05. The van der Waals surface area contributed by atoms with Gasteiger partial charge in [0.1, 0.15) is 0 Å². The molecule has 3 rings (SSSR count). The van der Waals surface area contributed by atoms with E-state index in [2.05, 4.69) is 4.98 Å². The Hall–Kier alpha value is -2.55. The number of aromatic amines is 1. The van der Waals surface area contributed by atoms with E-state index in [0.29, 0.717) is 16.8 Å². The molecule has 0 atom stereocenters. The van der Waals surface area contributed by atoms with Crippen LogP contribution in [0.4, 0.5) is 0 Å². The van der Waals surface area contributed by atoms with Gasteiger partial charge in [-0.05, 0) is 17.7 Å². The number of aromatic nitrogens is 1. The molecule has 0 fully saturated rings. The smallest absolute Gasteiger partial charge is 0.203 e. The molecule has 2 aromatic carbocycles. The monoisotopic (exact) mass is 251 g/mol. The number of rotatable bonds is 2. The molecule has 0 aliphatic carbocycles. The van der Waals surface area contributed by atoms with Crippen molar-refractivity contribution in [3.63, 3.8) is 0 Å². The molecule has 1 N–H and O–H groups in total. The Bertz CT molecular complexity index is 776. The minimum Gasteiger partial charge on any atom is -0.482 e. The third kappa shape index (κ3) is 1.89. The van der Waals surface area contributed by atoms with Gasteiger partial charge >= 0.3 is 0 Å².